The van der Waals surface area contributed by atoms with Crippen LogP contribution in [0.4, 0.5) is 10.5 Å². The van der Waals surface area contributed by atoms with Crippen molar-refractivity contribution in [2.75, 3.05) is 18.5 Å². The van der Waals surface area contributed by atoms with Gasteiger partial charge in [0.2, 0.25) is 5.96 Å². The lowest BCUT2D eigenvalue weighted by Crippen LogP contribution is -2.64. The molecule has 8 heteroatoms. The summed E-state index contributed by atoms with van der Waals surface area (Å²) in [6.45, 7) is 5.65. The summed E-state index contributed by atoms with van der Waals surface area (Å²) in [7, 11) is 1.63. The number of guanidine groups is 1. The van der Waals surface area contributed by atoms with E-state index >= 15 is 0 Å². The second-order valence-corrected chi connectivity index (χ2v) is 6.42. The van der Waals surface area contributed by atoms with E-state index in [1.165, 1.54) is 15.9 Å². The number of anilines is 1. The molecule has 0 bridgehead atoms. The fourth-order valence-corrected chi connectivity index (χ4v) is 3.60. The highest BCUT2D eigenvalue weighted by atomic mass is 16.3. The number of fused-ring (bicyclic) bond motifs is 3. The van der Waals surface area contributed by atoms with E-state index < -0.39 is 18.2 Å². The topological polar surface area (TPSA) is 79.7 Å². The van der Waals surface area contributed by atoms with Crippen LogP contribution in [0.15, 0.2) is 53.8 Å². The van der Waals surface area contributed by atoms with Crippen molar-refractivity contribution >= 4 is 23.6 Å². The van der Waals surface area contributed by atoms with Crippen LogP contribution in [0.2, 0.25) is 0 Å². The smallest absolute Gasteiger partial charge is 0.328 e. The van der Waals surface area contributed by atoms with E-state index in [9.17, 15) is 14.7 Å². The molecule has 0 saturated carbocycles. The van der Waals surface area contributed by atoms with Gasteiger partial charge in [-0.25, -0.2) is 9.79 Å². The number of amides is 3. The molecular weight excluding hydrogens is 334 g/mol. The molecule has 1 saturated heterocycles. The Kier molecular flexibility index (Phi) is 3.50. The van der Waals surface area contributed by atoms with Gasteiger partial charge < -0.3 is 14.9 Å². The summed E-state index contributed by atoms with van der Waals surface area (Å²) in [4.78, 5) is 36.3. The maximum Gasteiger partial charge on any atom is 0.328 e. The van der Waals surface area contributed by atoms with Gasteiger partial charge >= 0.3 is 6.03 Å². The molecule has 0 spiro atoms. The molecular formula is C18H19N5O3. The van der Waals surface area contributed by atoms with Crippen LogP contribution in [0, 0.1) is 0 Å². The Labute approximate surface area is 150 Å². The molecule has 26 heavy (non-hydrogen) atoms. The van der Waals surface area contributed by atoms with Gasteiger partial charge in [-0.15, -0.1) is 6.58 Å². The molecule has 3 aliphatic heterocycles. The highest BCUT2D eigenvalue weighted by Crippen LogP contribution is 2.39. The third-order valence-electron chi connectivity index (χ3n) is 4.82. The van der Waals surface area contributed by atoms with Gasteiger partial charge in [-0.2, -0.15) is 0 Å². The van der Waals surface area contributed by atoms with Crippen molar-refractivity contribution < 1.29 is 14.7 Å². The monoisotopic (exact) mass is 353 g/mol. The first-order valence-corrected chi connectivity index (χ1v) is 8.27. The minimum Gasteiger partial charge on any atom is -0.506 e. The second kappa shape index (κ2) is 5.62. The highest BCUT2D eigenvalue weighted by Gasteiger charge is 2.54. The minimum absolute atomic E-state index is 0.115. The number of para-hydroxylation sites is 2. The molecule has 3 heterocycles. The van der Waals surface area contributed by atoms with Gasteiger partial charge in [-0.1, -0.05) is 18.2 Å². The molecule has 1 aromatic rings. The van der Waals surface area contributed by atoms with Gasteiger partial charge in [0, 0.05) is 25.5 Å². The van der Waals surface area contributed by atoms with Crippen molar-refractivity contribution in [3.8, 4) is 5.75 Å². The van der Waals surface area contributed by atoms with Crippen LogP contribution in [0.25, 0.3) is 0 Å². The summed E-state index contributed by atoms with van der Waals surface area (Å²) in [5, 5.41) is 10.2. The molecule has 134 valence electrons. The van der Waals surface area contributed by atoms with E-state index in [-0.39, 0.29) is 18.2 Å². The molecule has 0 aliphatic carbocycles. The van der Waals surface area contributed by atoms with E-state index in [1.54, 1.807) is 35.0 Å². The van der Waals surface area contributed by atoms with Crippen molar-refractivity contribution in [3.63, 3.8) is 0 Å². The molecule has 4 rings (SSSR count). The van der Waals surface area contributed by atoms with Gasteiger partial charge in [0.1, 0.15) is 5.75 Å². The van der Waals surface area contributed by atoms with Crippen LogP contribution < -0.4 is 4.90 Å². The number of phenols is 1. The number of benzene rings is 1. The molecule has 3 aliphatic rings. The quantitative estimate of drug-likeness (QED) is 0.834. The lowest BCUT2D eigenvalue weighted by Gasteiger charge is -2.39. The third-order valence-corrected chi connectivity index (χ3v) is 4.82. The number of rotatable bonds is 3. The van der Waals surface area contributed by atoms with Crippen molar-refractivity contribution in [2.24, 2.45) is 4.99 Å². The van der Waals surface area contributed by atoms with Gasteiger partial charge in [0.05, 0.1) is 5.69 Å². The van der Waals surface area contributed by atoms with Gasteiger partial charge in [-0.05, 0) is 19.1 Å². The van der Waals surface area contributed by atoms with Crippen LogP contribution in [0.1, 0.15) is 6.92 Å². The Balaban J connectivity index is 1.76. The van der Waals surface area contributed by atoms with Crippen molar-refractivity contribution in [2.45, 2.75) is 19.1 Å². The first-order valence-electron chi connectivity index (χ1n) is 8.27. The molecule has 0 aromatic heterocycles. The van der Waals surface area contributed by atoms with E-state index in [4.69, 9.17) is 0 Å². The van der Waals surface area contributed by atoms with Gasteiger partial charge in [0.25, 0.3) is 5.91 Å². The first-order chi connectivity index (χ1) is 12.5. The van der Waals surface area contributed by atoms with Gasteiger partial charge in [-0.3, -0.25) is 14.6 Å². The number of hydrogen-bond acceptors (Lipinski definition) is 6. The van der Waals surface area contributed by atoms with Crippen molar-refractivity contribution in [1.29, 1.82) is 0 Å². The second-order valence-electron chi connectivity index (χ2n) is 6.42. The summed E-state index contributed by atoms with van der Waals surface area (Å²) < 4.78 is 0. The Morgan fingerprint density at radius 2 is 2.04 bits per heavy atom. The van der Waals surface area contributed by atoms with Crippen LogP contribution in [0.5, 0.6) is 5.75 Å². The average Bonchev–Trinajstić information content (AvgIpc) is 3.12. The van der Waals surface area contributed by atoms with Crippen molar-refractivity contribution in [1.82, 2.24) is 14.7 Å². The Bertz CT molecular complexity index is 877. The molecule has 1 aromatic carbocycles. The summed E-state index contributed by atoms with van der Waals surface area (Å²) in [6, 6.07) is 5.92. The normalized spacial score (nSPS) is 24.5. The predicted molar refractivity (Wildman–Crippen MR) is 96.3 cm³/mol. The SMILES string of the molecule is C=CCN1C(=O)C2C(N=C3N(c4ccccc4O)C(C)=CN32)N(C)C1=O. The molecule has 1 N–H and O–H groups in total. The number of carbonyl (C=O) groups is 2. The summed E-state index contributed by atoms with van der Waals surface area (Å²) in [6.07, 6.45) is 2.74. The summed E-state index contributed by atoms with van der Waals surface area (Å²) in [5.41, 5.74) is 1.40. The number of likely N-dealkylation sites (N-methyl/N-ethyl adjacent to an activating group) is 1. The fraction of sp³-hybridized carbons (Fsp3) is 0.278. The van der Waals surface area contributed by atoms with Crippen LogP contribution in [-0.4, -0.2) is 63.5 Å². The maximum atomic E-state index is 12.9. The van der Waals surface area contributed by atoms with Crippen molar-refractivity contribution in [3.05, 3.63) is 48.8 Å². The number of urea groups is 1. The van der Waals surface area contributed by atoms with Crippen LogP contribution >= 0.6 is 0 Å². The maximum absolute atomic E-state index is 12.9. The lowest BCUT2D eigenvalue weighted by molar-refractivity contribution is -0.136. The van der Waals surface area contributed by atoms with E-state index in [0.717, 1.165) is 5.70 Å². The van der Waals surface area contributed by atoms with E-state index in [1.807, 2.05) is 19.2 Å². The number of aliphatic imine (C=N–C) groups is 1. The van der Waals surface area contributed by atoms with Gasteiger partial charge in [0.15, 0.2) is 12.2 Å². The molecule has 2 unspecified atom stereocenters. The van der Waals surface area contributed by atoms with E-state index in [2.05, 4.69) is 11.6 Å². The summed E-state index contributed by atoms with van der Waals surface area (Å²) >= 11 is 0. The zero-order chi connectivity index (χ0) is 18.6. The Morgan fingerprint density at radius 3 is 2.73 bits per heavy atom. The predicted octanol–water partition coefficient (Wildman–Crippen LogP) is 1.52. The molecule has 3 amide bonds. The molecule has 8 nitrogen and oxygen atoms in total. The number of phenolic OH excluding ortho intramolecular Hbond substituents is 1. The highest BCUT2D eigenvalue weighted by molar-refractivity contribution is 6.10. The lowest BCUT2D eigenvalue weighted by atomic mass is 10.1. The molecule has 1 fully saturated rings. The third kappa shape index (κ3) is 2.05. The van der Waals surface area contributed by atoms with Crippen LogP contribution in [0.3, 0.4) is 0 Å². The number of carbonyl (C=O) groups excluding carboxylic acids is 2. The largest absolute Gasteiger partial charge is 0.506 e. The zero-order valence-corrected chi connectivity index (χ0v) is 14.5. The molecule has 2 atom stereocenters. The number of allylic oxidation sites excluding steroid dienone is 1. The number of imide groups is 1. The first kappa shape index (κ1) is 16.2. The standard InChI is InChI=1S/C18H19N5O3/c1-4-9-21-16(25)14-15(20(3)18(21)26)19-17-22(14)10-11(2)23(17)12-7-5-6-8-13(12)24/h4-8,10,14-15,24H,1,9H2,2-3H3. The fourth-order valence-electron chi connectivity index (χ4n) is 3.60. The summed E-state index contributed by atoms with van der Waals surface area (Å²) in [5.74, 6) is 0.330. The Hall–Kier alpha value is -3.29. The zero-order valence-electron chi connectivity index (χ0n) is 14.5. The van der Waals surface area contributed by atoms with Crippen LogP contribution in [-0.2, 0) is 4.79 Å². The molecule has 0 radical (unpaired) electrons. The number of nitrogens with zero attached hydrogens (tertiary/aromatic N) is 5. The number of aromatic hydroxyl groups is 1. The number of hydrogen-bond donors (Lipinski definition) is 1. The Morgan fingerprint density at radius 1 is 1.31 bits per heavy atom. The average molecular weight is 353 g/mol. The van der Waals surface area contributed by atoms with E-state index in [0.29, 0.717) is 11.6 Å². The minimum atomic E-state index is -0.626.